The van der Waals surface area contributed by atoms with Crippen LogP contribution in [0.3, 0.4) is 0 Å². The van der Waals surface area contributed by atoms with Crippen LogP contribution in [0.1, 0.15) is 155 Å². The molecule has 8 atom stereocenters. The topological polar surface area (TPSA) is 210 Å². The van der Waals surface area contributed by atoms with Crippen LogP contribution in [0.2, 0.25) is 0 Å². The molecule has 0 aromatic rings. The van der Waals surface area contributed by atoms with Gasteiger partial charge in [-0.1, -0.05) is 144 Å². The Balaban J connectivity index is 2.53. The highest BCUT2D eigenvalue weighted by Gasteiger charge is 2.51. The van der Waals surface area contributed by atoms with E-state index in [1.165, 1.54) is 38.5 Å². The molecule has 0 aromatic carbocycles. The molecule has 0 spiro atoms. The Labute approximate surface area is 378 Å². The molecule has 0 radical (unpaired) electrons. The molecule has 1 saturated carbocycles. The van der Waals surface area contributed by atoms with Crippen LogP contribution in [0, 0.1) is 0 Å². The predicted molar refractivity (Wildman–Crippen MR) is 248 cm³/mol. The number of ether oxygens (including phenoxy) is 2. The van der Waals surface area contributed by atoms with Crippen molar-refractivity contribution < 1.29 is 63.1 Å². The van der Waals surface area contributed by atoms with Gasteiger partial charge in [0, 0.05) is 12.8 Å². The number of aliphatic hydroxyl groups is 5. The molecule has 1 rings (SSSR count). The number of phosphoric ester groups is 1. The number of aliphatic hydroxyl groups excluding tert-OH is 5. The molecule has 6 unspecified atom stereocenters. The minimum absolute atomic E-state index is 0.0438. The fourth-order valence-electron chi connectivity index (χ4n) is 6.41. The zero-order chi connectivity index (χ0) is 46.4. The molecule has 6 N–H and O–H groups in total. The third kappa shape index (κ3) is 30.7. The van der Waals surface area contributed by atoms with Crippen molar-refractivity contribution in [2.24, 2.45) is 0 Å². The molecule has 14 heteroatoms. The van der Waals surface area contributed by atoms with Crippen molar-refractivity contribution in [2.75, 3.05) is 13.2 Å². The minimum atomic E-state index is -5.14. The number of unbranched alkanes of at least 4 members (excludes halogenated alkanes) is 11. The van der Waals surface area contributed by atoms with Gasteiger partial charge in [0.05, 0.1) is 6.61 Å². The fraction of sp³-hybridized carbons (Fsp3) is 0.673. The second-order valence-electron chi connectivity index (χ2n) is 15.9. The Morgan fingerprint density at radius 1 is 0.492 bits per heavy atom. The summed E-state index contributed by atoms with van der Waals surface area (Å²) in [6, 6.07) is 0. The van der Waals surface area contributed by atoms with E-state index in [-0.39, 0.29) is 12.8 Å². The van der Waals surface area contributed by atoms with E-state index in [1.807, 2.05) is 12.2 Å². The lowest BCUT2D eigenvalue weighted by atomic mass is 9.85. The summed E-state index contributed by atoms with van der Waals surface area (Å²) >= 11 is 0. The second kappa shape index (κ2) is 38.3. The molecule has 0 aromatic heterocycles. The summed E-state index contributed by atoms with van der Waals surface area (Å²) in [6.45, 7) is 3.14. The fourth-order valence-corrected chi connectivity index (χ4v) is 7.38. The first kappa shape index (κ1) is 58.0. The Bertz CT molecular complexity index is 1420. The lowest BCUT2D eigenvalue weighted by Gasteiger charge is -2.41. The average Bonchev–Trinajstić information content (AvgIpc) is 3.26. The second-order valence-corrected chi connectivity index (χ2v) is 17.3. The monoisotopic (exact) mass is 909 g/mol. The Morgan fingerprint density at radius 3 is 1.41 bits per heavy atom. The summed E-state index contributed by atoms with van der Waals surface area (Å²) in [5.41, 5.74) is 0. The summed E-state index contributed by atoms with van der Waals surface area (Å²) in [5, 5.41) is 50.2. The number of carbonyl (C=O) groups excluding carboxylic acids is 2. The normalized spacial score (nSPS) is 22.5. The zero-order valence-corrected chi connectivity index (χ0v) is 39.0. The van der Waals surface area contributed by atoms with E-state index in [0.29, 0.717) is 19.3 Å². The van der Waals surface area contributed by atoms with Crippen molar-refractivity contribution in [1.29, 1.82) is 0 Å². The summed E-state index contributed by atoms with van der Waals surface area (Å²) in [4.78, 5) is 35.7. The summed E-state index contributed by atoms with van der Waals surface area (Å²) in [6.07, 6.45) is 36.4. The molecule has 1 aliphatic rings. The van der Waals surface area contributed by atoms with Crippen LogP contribution in [0.5, 0.6) is 0 Å². The van der Waals surface area contributed by atoms with Gasteiger partial charge in [-0.05, 0) is 83.5 Å². The maximum atomic E-state index is 12.8. The van der Waals surface area contributed by atoms with Crippen LogP contribution in [-0.4, -0.2) is 98.3 Å². The van der Waals surface area contributed by atoms with Gasteiger partial charge in [-0.15, -0.1) is 0 Å². The van der Waals surface area contributed by atoms with Gasteiger partial charge in [0.1, 0.15) is 43.2 Å². The summed E-state index contributed by atoms with van der Waals surface area (Å²) in [5.74, 6) is -1.21. The van der Waals surface area contributed by atoms with Gasteiger partial charge >= 0.3 is 19.8 Å². The zero-order valence-electron chi connectivity index (χ0n) is 38.1. The average molecular weight is 909 g/mol. The van der Waals surface area contributed by atoms with Crippen molar-refractivity contribution in [3.8, 4) is 0 Å². The lowest BCUT2D eigenvalue weighted by Crippen LogP contribution is -2.64. The van der Waals surface area contributed by atoms with Crippen LogP contribution in [0.15, 0.2) is 85.1 Å². The van der Waals surface area contributed by atoms with Gasteiger partial charge < -0.3 is 39.9 Å². The first-order valence-electron chi connectivity index (χ1n) is 23.4. The number of allylic oxidation sites excluding steroid dienone is 14. The number of hydrogen-bond donors (Lipinski definition) is 6. The SMILES string of the molecule is CCC/C=C/C/C=C/C/C=C/C/C=C/CCCCCC(=O)O[C@@H](COC(=O)CCC/C=C/C/C=C/C/C=C/CCCCCCCC)COP(=O)(O)OC1C(O)C(O)C(O)[C@H](O)C1O. The van der Waals surface area contributed by atoms with E-state index in [4.69, 9.17) is 18.5 Å². The van der Waals surface area contributed by atoms with E-state index in [1.54, 1.807) is 0 Å². The van der Waals surface area contributed by atoms with E-state index < -0.39 is 75.7 Å². The van der Waals surface area contributed by atoms with Crippen molar-refractivity contribution in [3.05, 3.63) is 85.1 Å². The largest absolute Gasteiger partial charge is 0.472 e. The van der Waals surface area contributed by atoms with E-state index in [0.717, 1.165) is 70.6 Å². The number of hydrogen-bond acceptors (Lipinski definition) is 12. The van der Waals surface area contributed by atoms with Crippen molar-refractivity contribution >= 4 is 19.8 Å². The smallest absolute Gasteiger partial charge is 0.462 e. The number of phosphoric acid groups is 1. The van der Waals surface area contributed by atoms with E-state index >= 15 is 0 Å². The molecule has 0 bridgehead atoms. The van der Waals surface area contributed by atoms with Gasteiger partial charge in [0.25, 0.3) is 0 Å². The summed E-state index contributed by atoms with van der Waals surface area (Å²) < 4.78 is 33.4. The third-order valence-corrected chi connectivity index (χ3v) is 11.2. The molecule has 0 saturated heterocycles. The number of esters is 2. The van der Waals surface area contributed by atoms with Gasteiger partial charge in [0.15, 0.2) is 6.10 Å². The minimum Gasteiger partial charge on any atom is -0.462 e. The van der Waals surface area contributed by atoms with Crippen LogP contribution >= 0.6 is 7.82 Å². The first-order chi connectivity index (χ1) is 30.4. The van der Waals surface area contributed by atoms with E-state index in [9.17, 15) is 44.6 Å². The maximum Gasteiger partial charge on any atom is 0.472 e. The van der Waals surface area contributed by atoms with Crippen LogP contribution in [0.4, 0.5) is 0 Å². The molecule has 63 heavy (non-hydrogen) atoms. The third-order valence-electron chi connectivity index (χ3n) is 10.2. The summed E-state index contributed by atoms with van der Waals surface area (Å²) in [7, 11) is -5.14. The highest BCUT2D eigenvalue weighted by atomic mass is 31.2. The predicted octanol–water partition coefficient (Wildman–Crippen LogP) is 9.28. The molecule has 1 aliphatic carbocycles. The molecule has 13 nitrogen and oxygen atoms in total. The molecule has 0 heterocycles. The first-order valence-corrected chi connectivity index (χ1v) is 24.9. The van der Waals surface area contributed by atoms with Crippen molar-refractivity contribution in [1.82, 2.24) is 0 Å². The standard InChI is InChI=1S/C49H81O13P/c1-3-5-7-9-11-13-15-17-19-21-23-25-27-29-31-33-35-37-42(50)59-39-41(40-60-63(57,58)62-49-47(55)45(53)44(52)46(54)48(49)56)61-43(51)38-36-34-32-30-28-26-24-22-20-18-16-14-12-10-8-6-4-2/h8,10,14,16-17,19-20,22-23,25-26,28-29,31,41,44-49,52-56H,3-7,9,11-13,15,18,21,24,27,30,32-40H2,1-2H3,(H,57,58)/b10-8+,16-14+,19-17+,22-20+,25-23+,28-26+,31-29+/t41-,44?,45-,46?,47?,48?,49?/m0/s1. The number of rotatable bonds is 37. The van der Waals surface area contributed by atoms with Crippen molar-refractivity contribution in [3.63, 3.8) is 0 Å². The van der Waals surface area contributed by atoms with Gasteiger partial charge in [-0.25, -0.2) is 4.57 Å². The van der Waals surface area contributed by atoms with Crippen LogP contribution < -0.4 is 0 Å². The van der Waals surface area contributed by atoms with Gasteiger partial charge in [0.2, 0.25) is 0 Å². The van der Waals surface area contributed by atoms with Gasteiger partial charge in [-0.3, -0.25) is 18.6 Å². The highest BCUT2D eigenvalue weighted by Crippen LogP contribution is 2.47. The quantitative estimate of drug-likeness (QED) is 0.0149. The van der Waals surface area contributed by atoms with Crippen LogP contribution in [0.25, 0.3) is 0 Å². The molecular formula is C49H81O13P. The lowest BCUT2D eigenvalue weighted by molar-refractivity contribution is -0.220. The maximum absolute atomic E-state index is 12.8. The Morgan fingerprint density at radius 2 is 0.905 bits per heavy atom. The Kier molecular flexibility index (Phi) is 35.3. The number of carbonyl (C=O) groups is 2. The molecular weight excluding hydrogens is 828 g/mol. The molecule has 360 valence electrons. The van der Waals surface area contributed by atoms with Crippen molar-refractivity contribution in [2.45, 2.75) is 198 Å². The van der Waals surface area contributed by atoms with Crippen LogP contribution in [-0.2, 0) is 32.7 Å². The van der Waals surface area contributed by atoms with E-state index in [2.05, 4.69) is 86.8 Å². The van der Waals surface area contributed by atoms with Gasteiger partial charge in [-0.2, -0.15) is 0 Å². The Hall–Kier alpha value is -2.97. The molecule has 1 fully saturated rings. The molecule has 0 amide bonds. The highest BCUT2D eigenvalue weighted by molar-refractivity contribution is 7.47. The molecule has 0 aliphatic heterocycles.